The van der Waals surface area contributed by atoms with Crippen molar-refractivity contribution >= 4 is 17.5 Å². The highest BCUT2D eigenvalue weighted by molar-refractivity contribution is 6.05. The fraction of sp³-hybridized carbons (Fsp3) is 0.222. The number of ether oxygens (including phenoxy) is 2. The SMILES string of the molecule is COc1cc(C)c(CC(=O)NC(=O)c2ccc(N)cc2)cc1OC. The van der Waals surface area contributed by atoms with Crippen molar-refractivity contribution in [2.45, 2.75) is 13.3 Å². The highest BCUT2D eigenvalue weighted by atomic mass is 16.5. The molecule has 2 amide bonds. The van der Waals surface area contributed by atoms with Crippen molar-refractivity contribution in [3.05, 3.63) is 53.1 Å². The molecule has 0 saturated carbocycles. The van der Waals surface area contributed by atoms with Crippen LogP contribution in [0.15, 0.2) is 36.4 Å². The molecule has 126 valence electrons. The largest absolute Gasteiger partial charge is 0.493 e. The molecule has 0 bridgehead atoms. The molecule has 0 unspecified atom stereocenters. The summed E-state index contributed by atoms with van der Waals surface area (Å²) in [7, 11) is 3.08. The van der Waals surface area contributed by atoms with Gasteiger partial charge in [-0.1, -0.05) is 0 Å². The normalized spacial score (nSPS) is 10.1. The maximum atomic E-state index is 12.1. The predicted octanol–water partition coefficient (Wildman–Crippen LogP) is 2.09. The maximum Gasteiger partial charge on any atom is 0.257 e. The summed E-state index contributed by atoms with van der Waals surface area (Å²) in [5.41, 5.74) is 8.15. The molecule has 0 spiro atoms. The van der Waals surface area contributed by atoms with Crippen LogP contribution in [0.5, 0.6) is 11.5 Å². The van der Waals surface area contributed by atoms with Gasteiger partial charge in [-0.15, -0.1) is 0 Å². The predicted molar refractivity (Wildman–Crippen MR) is 91.3 cm³/mol. The summed E-state index contributed by atoms with van der Waals surface area (Å²) in [5, 5.41) is 2.37. The summed E-state index contributed by atoms with van der Waals surface area (Å²) >= 11 is 0. The molecule has 0 fully saturated rings. The van der Waals surface area contributed by atoms with Crippen molar-refractivity contribution in [2.24, 2.45) is 0 Å². The second kappa shape index (κ2) is 7.50. The molecule has 0 aromatic heterocycles. The van der Waals surface area contributed by atoms with Crippen LogP contribution in [0.1, 0.15) is 21.5 Å². The van der Waals surface area contributed by atoms with E-state index in [1.54, 1.807) is 43.5 Å². The maximum absolute atomic E-state index is 12.1. The smallest absolute Gasteiger partial charge is 0.257 e. The molecule has 2 rings (SSSR count). The van der Waals surface area contributed by atoms with Crippen LogP contribution >= 0.6 is 0 Å². The summed E-state index contributed by atoms with van der Waals surface area (Å²) in [6.45, 7) is 1.87. The van der Waals surface area contributed by atoms with Gasteiger partial charge in [0.25, 0.3) is 5.91 Å². The van der Waals surface area contributed by atoms with Crippen LogP contribution < -0.4 is 20.5 Å². The molecule has 0 saturated heterocycles. The Hall–Kier alpha value is -3.02. The Labute approximate surface area is 140 Å². The Kier molecular flexibility index (Phi) is 5.42. The van der Waals surface area contributed by atoms with E-state index >= 15 is 0 Å². The van der Waals surface area contributed by atoms with Crippen LogP contribution in [0.2, 0.25) is 0 Å². The molecule has 0 aliphatic carbocycles. The first-order valence-electron chi connectivity index (χ1n) is 7.35. The Morgan fingerprint density at radius 3 is 2.21 bits per heavy atom. The molecule has 6 nitrogen and oxygen atoms in total. The molecule has 2 aromatic carbocycles. The van der Waals surface area contributed by atoms with Gasteiger partial charge in [0.15, 0.2) is 11.5 Å². The van der Waals surface area contributed by atoms with E-state index in [1.807, 2.05) is 6.92 Å². The fourth-order valence-corrected chi connectivity index (χ4v) is 2.26. The fourth-order valence-electron chi connectivity index (χ4n) is 2.26. The molecule has 0 heterocycles. The lowest BCUT2D eigenvalue weighted by Gasteiger charge is -2.12. The van der Waals surface area contributed by atoms with Gasteiger partial charge in [0.05, 0.1) is 20.6 Å². The molecule has 3 N–H and O–H groups in total. The van der Waals surface area contributed by atoms with E-state index in [2.05, 4.69) is 5.32 Å². The molecule has 24 heavy (non-hydrogen) atoms. The van der Waals surface area contributed by atoms with Crippen molar-refractivity contribution in [1.29, 1.82) is 0 Å². The number of imide groups is 1. The molecular weight excluding hydrogens is 308 g/mol. The van der Waals surface area contributed by atoms with E-state index in [-0.39, 0.29) is 6.42 Å². The monoisotopic (exact) mass is 328 g/mol. The number of nitrogens with one attached hydrogen (secondary N) is 1. The van der Waals surface area contributed by atoms with Gasteiger partial charge in [-0.3, -0.25) is 14.9 Å². The quantitative estimate of drug-likeness (QED) is 0.820. The first kappa shape index (κ1) is 17.3. The number of rotatable bonds is 5. The van der Waals surface area contributed by atoms with E-state index in [4.69, 9.17) is 15.2 Å². The first-order valence-corrected chi connectivity index (χ1v) is 7.35. The lowest BCUT2D eigenvalue weighted by Crippen LogP contribution is -2.31. The molecule has 0 aliphatic rings. The van der Waals surface area contributed by atoms with Gasteiger partial charge in [-0.2, -0.15) is 0 Å². The van der Waals surface area contributed by atoms with Crippen LogP contribution in [-0.4, -0.2) is 26.0 Å². The first-order chi connectivity index (χ1) is 11.4. The minimum absolute atomic E-state index is 0.0624. The minimum atomic E-state index is -0.460. The van der Waals surface area contributed by atoms with Crippen molar-refractivity contribution < 1.29 is 19.1 Å². The van der Waals surface area contributed by atoms with E-state index in [0.29, 0.717) is 22.7 Å². The number of nitrogens with two attached hydrogens (primary N) is 1. The van der Waals surface area contributed by atoms with Crippen LogP contribution in [0.4, 0.5) is 5.69 Å². The summed E-state index contributed by atoms with van der Waals surface area (Å²) in [6, 6.07) is 9.89. The number of nitrogen functional groups attached to an aromatic ring is 1. The third-order valence-electron chi connectivity index (χ3n) is 3.62. The van der Waals surface area contributed by atoms with Gasteiger partial charge in [-0.05, 0) is 54.4 Å². The Morgan fingerprint density at radius 2 is 1.62 bits per heavy atom. The summed E-state index contributed by atoms with van der Waals surface area (Å²) in [5.74, 6) is 0.276. The summed E-state index contributed by atoms with van der Waals surface area (Å²) < 4.78 is 10.5. The number of hydrogen-bond donors (Lipinski definition) is 2. The van der Waals surface area contributed by atoms with E-state index in [1.165, 1.54) is 7.11 Å². The van der Waals surface area contributed by atoms with E-state index in [0.717, 1.165) is 11.1 Å². The van der Waals surface area contributed by atoms with Gasteiger partial charge in [0.1, 0.15) is 0 Å². The molecule has 0 atom stereocenters. The lowest BCUT2D eigenvalue weighted by atomic mass is 10.0. The second-order valence-corrected chi connectivity index (χ2v) is 5.31. The average molecular weight is 328 g/mol. The van der Waals surface area contributed by atoms with Crippen molar-refractivity contribution in [1.82, 2.24) is 5.32 Å². The lowest BCUT2D eigenvalue weighted by molar-refractivity contribution is -0.119. The van der Waals surface area contributed by atoms with Crippen molar-refractivity contribution in [3.63, 3.8) is 0 Å². The highest BCUT2D eigenvalue weighted by Crippen LogP contribution is 2.30. The zero-order chi connectivity index (χ0) is 17.7. The van der Waals surface area contributed by atoms with E-state index < -0.39 is 11.8 Å². The number of amides is 2. The molecule has 0 radical (unpaired) electrons. The van der Waals surface area contributed by atoms with Gasteiger partial charge < -0.3 is 15.2 Å². The van der Waals surface area contributed by atoms with E-state index in [9.17, 15) is 9.59 Å². The Balaban J connectivity index is 2.09. The molecule has 0 aliphatic heterocycles. The van der Waals surface area contributed by atoms with Gasteiger partial charge >= 0.3 is 0 Å². The van der Waals surface area contributed by atoms with Gasteiger partial charge in [-0.25, -0.2) is 0 Å². The number of benzene rings is 2. The minimum Gasteiger partial charge on any atom is -0.493 e. The molecule has 6 heteroatoms. The Morgan fingerprint density at radius 1 is 1.04 bits per heavy atom. The van der Waals surface area contributed by atoms with Crippen molar-refractivity contribution in [3.8, 4) is 11.5 Å². The zero-order valence-electron chi connectivity index (χ0n) is 13.9. The number of methoxy groups -OCH3 is 2. The third-order valence-corrected chi connectivity index (χ3v) is 3.62. The standard InChI is InChI=1S/C18H20N2O4/c1-11-8-15(23-2)16(24-3)9-13(11)10-17(21)20-18(22)12-4-6-14(19)7-5-12/h4-9H,10,19H2,1-3H3,(H,20,21,22). The van der Waals surface area contributed by atoms with Crippen LogP contribution in [0.25, 0.3) is 0 Å². The number of hydrogen-bond acceptors (Lipinski definition) is 5. The highest BCUT2D eigenvalue weighted by Gasteiger charge is 2.14. The summed E-state index contributed by atoms with van der Waals surface area (Å²) in [4.78, 5) is 24.2. The number of aryl methyl sites for hydroxylation is 1. The average Bonchev–Trinajstić information content (AvgIpc) is 2.56. The molecular formula is C18H20N2O4. The number of carbonyl (C=O) groups is 2. The number of carbonyl (C=O) groups excluding carboxylic acids is 2. The second-order valence-electron chi connectivity index (χ2n) is 5.31. The van der Waals surface area contributed by atoms with Crippen LogP contribution in [-0.2, 0) is 11.2 Å². The molecule has 2 aromatic rings. The van der Waals surface area contributed by atoms with Crippen molar-refractivity contribution in [2.75, 3.05) is 20.0 Å². The topological polar surface area (TPSA) is 90.7 Å². The van der Waals surface area contributed by atoms with Crippen LogP contribution in [0.3, 0.4) is 0 Å². The van der Waals surface area contributed by atoms with Crippen LogP contribution in [0, 0.1) is 6.92 Å². The zero-order valence-corrected chi connectivity index (χ0v) is 13.9. The Bertz CT molecular complexity index is 754. The summed E-state index contributed by atoms with van der Waals surface area (Å²) in [6.07, 6.45) is 0.0624. The number of anilines is 1. The third kappa shape index (κ3) is 4.04. The van der Waals surface area contributed by atoms with Gasteiger partial charge in [0, 0.05) is 11.3 Å². The van der Waals surface area contributed by atoms with Gasteiger partial charge in [0.2, 0.25) is 5.91 Å².